The van der Waals surface area contributed by atoms with Crippen LogP contribution in [0.25, 0.3) is 10.9 Å². The number of halogens is 1. The highest BCUT2D eigenvalue weighted by molar-refractivity contribution is 5.83. The van der Waals surface area contributed by atoms with Crippen molar-refractivity contribution in [3.8, 4) is 11.6 Å². The molecule has 1 aliphatic rings. The minimum Gasteiger partial charge on any atom is -0.436 e. The van der Waals surface area contributed by atoms with Gasteiger partial charge in [-0.05, 0) is 55.0 Å². The third-order valence-corrected chi connectivity index (χ3v) is 5.70. The summed E-state index contributed by atoms with van der Waals surface area (Å²) in [6, 6.07) is 14.7. The maximum atomic E-state index is 14.8. The zero-order valence-corrected chi connectivity index (χ0v) is 17.9. The topological polar surface area (TPSA) is 67.9 Å². The Morgan fingerprint density at radius 3 is 2.84 bits per heavy atom. The molecule has 0 amide bonds. The van der Waals surface area contributed by atoms with Crippen molar-refractivity contribution in [1.29, 1.82) is 0 Å². The van der Waals surface area contributed by atoms with Gasteiger partial charge in [0.05, 0.1) is 0 Å². The van der Waals surface area contributed by atoms with Crippen LogP contribution in [0.5, 0.6) is 11.6 Å². The number of H-pyrrole nitrogens is 1. The smallest absolute Gasteiger partial charge is 0.222 e. The molecule has 5 rings (SSSR count). The molecule has 0 radical (unpaired) electrons. The third kappa shape index (κ3) is 4.69. The van der Waals surface area contributed by atoms with Crippen LogP contribution in [0, 0.1) is 18.7 Å². The molecule has 1 aliphatic carbocycles. The zero-order chi connectivity index (χ0) is 22.1. The first-order chi connectivity index (χ1) is 15.5. The monoisotopic (exact) mass is 429 g/mol. The number of aryl methyl sites for hydroxylation is 1. The molecule has 2 aromatic heterocycles. The molecular weight excluding hydrogens is 405 g/mol. The molecular formula is C26H24FN3O2. The normalized spacial score (nSPS) is 13.4. The van der Waals surface area contributed by atoms with Crippen molar-refractivity contribution in [2.75, 3.05) is 0 Å². The number of aromatic amines is 1. The third-order valence-electron chi connectivity index (χ3n) is 5.70. The highest BCUT2D eigenvalue weighted by Crippen LogP contribution is 2.33. The van der Waals surface area contributed by atoms with Crippen molar-refractivity contribution in [3.05, 3.63) is 83.2 Å². The summed E-state index contributed by atoms with van der Waals surface area (Å²) in [7, 11) is 0. The highest BCUT2D eigenvalue weighted by Gasteiger charge is 2.24. The zero-order valence-electron chi connectivity index (χ0n) is 17.9. The number of fused-ring (bicyclic) bond motifs is 1. The van der Waals surface area contributed by atoms with E-state index < -0.39 is 5.82 Å². The number of hydrogen-bond donors (Lipinski definition) is 1. The van der Waals surface area contributed by atoms with Crippen LogP contribution in [-0.2, 0) is 17.6 Å². The molecule has 0 bridgehead atoms. The summed E-state index contributed by atoms with van der Waals surface area (Å²) in [5.41, 5.74) is 3.65. The summed E-state index contributed by atoms with van der Waals surface area (Å²) in [6.45, 7) is 1.88. The van der Waals surface area contributed by atoms with Crippen LogP contribution in [0.1, 0.15) is 41.9 Å². The number of ketones is 1. The summed E-state index contributed by atoms with van der Waals surface area (Å²) in [5, 5.41) is 0.488. The van der Waals surface area contributed by atoms with Gasteiger partial charge < -0.3 is 9.72 Å². The fourth-order valence-electron chi connectivity index (χ4n) is 3.98. The van der Waals surface area contributed by atoms with E-state index >= 15 is 0 Å². The Morgan fingerprint density at radius 2 is 2.00 bits per heavy atom. The van der Waals surface area contributed by atoms with Crippen molar-refractivity contribution in [3.63, 3.8) is 0 Å². The van der Waals surface area contributed by atoms with Gasteiger partial charge in [-0.3, -0.25) is 4.79 Å². The summed E-state index contributed by atoms with van der Waals surface area (Å²) in [6.07, 6.45) is 5.64. The summed E-state index contributed by atoms with van der Waals surface area (Å²) >= 11 is 0. The lowest BCUT2D eigenvalue weighted by atomic mass is 10.0. The highest BCUT2D eigenvalue weighted by atomic mass is 19.1. The molecule has 1 saturated carbocycles. The Bertz CT molecular complexity index is 1290. The van der Waals surface area contributed by atoms with Crippen LogP contribution in [0.2, 0.25) is 0 Å². The van der Waals surface area contributed by atoms with E-state index in [-0.39, 0.29) is 11.6 Å². The number of nitrogens with one attached hydrogen (secondary N) is 1. The van der Waals surface area contributed by atoms with Crippen molar-refractivity contribution >= 4 is 16.7 Å². The average molecular weight is 429 g/mol. The van der Waals surface area contributed by atoms with E-state index in [2.05, 4.69) is 15.0 Å². The van der Waals surface area contributed by atoms with E-state index in [1.807, 2.05) is 31.2 Å². The predicted molar refractivity (Wildman–Crippen MR) is 120 cm³/mol. The Balaban J connectivity index is 1.30. The molecule has 0 atom stereocenters. The Hall–Kier alpha value is -3.54. The molecule has 2 heterocycles. The predicted octanol–water partition coefficient (Wildman–Crippen LogP) is 5.70. The Morgan fingerprint density at radius 1 is 1.16 bits per heavy atom. The minimum atomic E-state index is -0.421. The van der Waals surface area contributed by atoms with Gasteiger partial charge in [-0.15, -0.1) is 0 Å². The number of hydrogen-bond acceptors (Lipinski definition) is 4. The number of aromatic nitrogens is 3. The van der Waals surface area contributed by atoms with Crippen LogP contribution in [-0.4, -0.2) is 20.7 Å². The standard InChI is InChI=1S/C26H24FN3O2/c1-16-11-21-22(29-16)7-8-23(26(21)27)32-25-9-10-28-24(30-25)15-19-4-2-3-18(12-19)14-20(31)13-17-5-6-17/h2-4,7-12,17,29H,5-6,13-15H2,1H3. The second-order valence-electron chi connectivity index (χ2n) is 8.56. The van der Waals surface area contributed by atoms with Gasteiger partial charge in [0.2, 0.25) is 5.88 Å². The van der Waals surface area contributed by atoms with Crippen molar-refractivity contribution in [1.82, 2.24) is 15.0 Å². The van der Waals surface area contributed by atoms with E-state index in [1.54, 1.807) is 30.5 Å². The second kappa shape index (κ2) is 8.54. The van der Waals surface area contributed by atoms with Gasteiger partial charge in [0.1, 0.15) is 11.6 Å². The number of ether oxygens (including phenoxy) is 1. The number of nitrogens with zero attached hydrogens (tertiary/aromatic N) is 2. The lowest BCUT2D eigenvalue weighted by Crippen LogP contribution is -2.04. The molecule has 5 nitrogen and oxygen atoms in total. The lowest BCUT2D eigenvalue weighted by molar-refractivity contribution is -0.118. The molecule has 0 unspecified atom stereocenters. The lowest BCUT2D eigenvalue weighted by Gasteiger charge is -2.08. The number of rotatable bonds is 8. The quantitative estimate of drug-likeness (QED) is 0.390. The number of Topliss-reactive ketones (excluding diaryl/α,β-unsaturated/α-hetero) is 1. The van der Waals surface area contributed by atoms with Gasteiger partial charge in [0, 0.05) is 48.1 Å². The average Bonchev–Trinajstić information content (AvgIpc) is 3.48. The summed E-state index contributed by atoms with van der Waals surface area (Å²) in [4.78, 5) is 24.1. The van der Waals surface area contributed by atoms with E-state index in [0.29, 0.717) is 42.2 Å². The van der Waals surface area contributed by atoms with Crippen LogP contribution in [0.3, 0.4) is 0 Å². The molecule has 2 aromatic carbocycles. The van der Waals surface area contributed by atoms with E-state index in [4.69, 9.17) is 4.74 Å². The Labute approximate surface area is 185 Å². The number of benzene rings is 2. The van der Waals surface area contributed by atoms with Gasteiger partial charge in [0.15, 0.2) is 11.6 Å². The van der Waals surface area contributed by atoms with Crippen LogP contribution in [0.4, 0.5) is 4.39 Å². The van der Waals surface area contributed by atoms with E-state index in [9.17, 15) is 9.18 Å². The fourth-order valence-corrected chi connectivity index (χ4v) is 3.98. The van der Waals surface area contributed by atoms with Gasteiger partial charge in [0.25, 0.3) is 0 Å². The number of carbonyl (C=O) groups is 1. The van der Waals surface area contributed by atoms with Crippen LogP contribution < -0.4 is 4.74 Å². The summed E-state index contributed by atoms with van der Waals surface area (Å²) < 4.78 is 20.6. The molecule has 4 aromatic rings. The van der Waals surface area contributed by atoms with Gasteiger partial charge >= 0.3 is 0 Å². The first kappa shape index (κ1) is 20.4. The minimum absolute atomic E-state index is 0.123. The molecule has 0 spiro atoms. The Kier molecular flexibility index (Phi) is 5.43. The molecule has 0 saturated heterocycles. The van der Waals surface area contributed by atoms with Gasteiger partial charge in [-0.25, -0.2) is 9.37 Å². The van der Waals surface area contributed by atoms with Crippen molar-refractivity contribution in [2.45, 2.75) is 39.0 Å². The van der Waals surface area contributed by atoms with Crippen LogP contribution >= 0.6 is 0 Å². The molecule has 1 N–H and O–H groups in total. The molecule has 0 aliphatic heterocycles. The first-order valence-corrected chi connectivity index (χ1v) is 10.9. The maximum Gasteiger partial charge on any atom is 0.222 e. The first-order valence-electron chi connectivity index (χ1n) is 10.9. The van der Waals surface area contributed by atoms with Gasteiger partial charge in [-0.2, -0.15) is 4.98 Å². The van der Waals surface area contributed by atoms with E-state index in [0.717, 1.165) is 22.3 Å². The summed E-state index contributed by atoms with van der Waals surface area (Å²) in [5.74, 6) is 1.47. The molecule has 162 valence electrons. The van der Waals surface area contributed by atoms with Crippen molar-refractivity contribution < 1.29 is 13.9 Å². The molecule has 32 heavy (non-hydrogen) atoms. The van der Waals surface area contributed by atoms with Crippen molar-refractivity contribution in [2.24, 2.45) is 5.92 Å². The fraction of sp³-hybridized carbons (Fsp3) is 0.269. The van der Waals surface area contributed by atoms with E-state index in [1.165, 1.54) is 12.8 Å². The van der Waals surface area contributed by atoms with Gasteiger partial charge in [-0.1, -0.05) is 24.3 Å². The van der Waals surface area contributed by atoms with Crippen LogP contribution in [0.15, 0.2) is 54.7 Å². The second-order valence-corrected chi connectivity index (χ2v) is 8.56. The largest absolute Gasteiger partial charge is 0.436 e. The molecule has 1 fully saturated rings. The molecule has 6 heteroatoms. The SMILES string of the molecule is Cc1cc2c(F)c(Oc3ccnc(Cc4cccc(CC(=O)CC5CC5)c4)n3)ccc2[nH]1. The maximum absolute atomic E-state index is 14.8. The number of carbonyl (C=O) groups excluding carboxylic acids is 1.